The van der Waals surface area contributed by atoms with Gasteiger partial charge in [-0.1, -0.05) is 6.07 Å². The minimum Gasteiger partial charge on any atom is -0.492 e. The molecule has 0 aliphatic carbocycles. The zero-order chi connectivity index (χ0) is 28.1. The molecular formula is C23H28F3N3O7S2. The zero-order valence-corrected chi connectivity index (χ0v) is 22.3. The average Bonchev–Trinajstić information content (AvgIpc) is 2.86. The van der Waals surface area contributed by atoms with Crippen LogP contribution in [0.25, 0.3) is 0 Å². The second kappa shape index (κ2) is 11.9. The van der Waals surface area contributed by atoms with Gasteiger partial charge in [0.05, 0.1) is 42.2 Å². The summed E-state index contributed by atoms with van der Waals surface area (Å²) >= 11 is 0. The quantitative estimate of drug-likeness (QED) is 0.428. The first kappa shape index (κ1) is 29.7. The molecule has 0 bridgehead atoms. The van der Waals surface area contributed by atoms with Gasteiger partial charge in [-0.05, 0) is 49.4 Å². The maximum Gasteiger partial charge on any atom is 0.416 e. The van der Waals surface area contributed by atoms with Crippen molar-refractivity contribution in [3.05, 3.63) is 54.1 Å². The number of halogens is 3. The van der Waals surface area contributed by atoms with Gasteiger partial charge in [0.25, 0.3) is 0 Å². The molecule has 1 heterocycles. The highest BCUT2D eigenvalue weighted by Crippen LogP contribution is 2.32. The first-order valence-electron chi connectivity index (χ1n) is 11.5. The lowest BCUT2D eigenvalue weighted by Gasteiger charge is -2.28. The second-order valence-electron chi connectivity index (χ2n) is 8.41. The molecular weight excluding hydrogens is 551 g/mol. The van der Waals surface area contributed by atoms with Crippen LogP contribution in [0.3, 0.4) is 0 Å². The largest absolute Gasteiger partial charge is 0.492 e. The standard InChI is InChI=1S/C23H28F3N3O7S2/c1-17(29(37(2,31)32)19-5-3-4-18(16-19)23(24,25)26)22(30)27-10-13-36-20-6-8-21(9-7-20)38(33,34)28-11-14-35-15-12-28/h3-9,16-17H,10-15H2,1-2H3,(H,27,30)/t17-/m1/s1. The van der Waals surface area contributed by atoms with Crippen LogP contribution < -0.4 is 14.4 Å². The van der Waals surface area contributed by atoms with E-state index in [1.54, 1.807) is 0 Å². The number of carbonyl (C=O) groups is 1. The van der Waals surface area contributed by atoms with Crippen LogP contribution in [-0.2, 0) is 35.8 Å². The van der Waals surface area contributed by atoms with E-state index in [9.17, 15) is 34.8 Å². The molecule has 0 saturated carbocycles. The second-order valence-corrected chi connectivity index (χ2v) is 12.2. The molecule has 2 aromatic rings. The summed E-state index contributed by atoms with van der Waals surface area (Å²) in [6.07, 6.45) is -3.89. The Kier molecular flexibility index (Phi) is 9.28. The number of sulfonamides is 2. The highest BCUT2D eigenvalue weighted by Gasteiger charge is 2.34. The fourth-order valence-electron chi connectivity index (χ4n) is 3.76. The number of anilines is 1. The Bertz CT molecular complexity index is 1330. The van der Waals surface area contributed by atoms with E-state index in [1.807, 2.05) is 0 Å². The number of nitrogens with one attached hydrogen (secondary N) is 1. The Morgan fingerprint density at radius 1 is 1.11 bits per heavy atom. The molecule has 210 valence electrons. The highest BCUT2D eigenvalue weighted by atomic mass is 32.2. The molecule has 1 saturated heterocycles. The summed E-state index contributed by atoms with van der Waals surface area (Å²) in [6, 6.07) is 8.09. The van der Waals surface area contributed by atoms with Crippen molar-refractivity contribution in [3.8, 4) is 5.75 Å². The lowest BCUT2D eigenvalue weighted by Crippen LogP contribution is -2.48. The topological polar surface area (TPSA) is 122 Å². The molecule has 3 rings (SSSR count). The van der Waals surface area contributed by atoms with Crippen LogP contribution in [0.2, 0.25) is 0 Å². The third-order valence-corrected chi connectivity index (χ3v) is 8.77. The van der Waals surface area contributed by atoms with E-state index in [0.29, 0.717) is 29.3 Å². The fraction of sp³-hybridized carbons (Fsp3) is 0.435. The Morgan fingerprint density at radius 3 is 2.32 bits per heavy atom. The number of alkyl halides is 3. The summed E-state index contributed by atoms with van der Waals surface area (Å²) < 4.78 is 102. The maximum absolute atomic E-state index is 13.1. The molecule has 10 nitrogen and oxygen atoms in total. The van der Waals surface area contributed by atoms with Crippen LogP contribution in [0.15, 0.2) is 53.4 Å². The molecule has 2 aromatic carbocycles. The summed E-state index contributed by atoms with van der Waals surface area (Å²) in [4.78, 5) is 12.7. The van der Waals surface area contributed by atoms with Crippen molar-refractivity contribution in [2.45, 2.75) is 24.0 Å². The van der Waals surface area contributed by atoms with E-state index in [4.69, 9.17) is 9.47 Å². The van der Waals surface area contributed by atoms with Crippen molar-refractivity contribution >= 4 is 31.6 Å². The van der Waals surface area contributed by atoms with Crippen molar-refractivity contribution in [2.24, 2.45) is 0 Å². The van der Waals surface area contributed by atoms with Gasteiger partial charge < -0.3 is 14.8 Å². The molecule has 0 unspecified atom stereocenters. The van der Waals surface area contributed by atoms with Crippen molar-refractivity contribution < 1.29 is 44.3 Å². The molecule has 0 radical (unpaired) electrons. The molecule has 15 heteroatoms. The van der Waals surface area contributed by atoms with Gasteiger partial charge >= 0.3 is 6.18 Å². The van der Waals surface area contributed by atoms with E-state index in [1.165, 1.54) is 41.6 Å². The average molecular weight is 580 g/mol. The summed E-state index contributed by atoms with van der Waals surface area (Å²) in [6.45, 7) is 2.37. The number of hydrogen-bond donors (Lipinski definition) is 1. The van der Waals surface area contributed by atoms with E-state index < -0.39 is 43.7 Å². The van der Waals surface area contributed by atoms with Crippen molar-refractivity contribution in [1.82, 2.24) is 9.62 Å². The number of hydrogen-bond acceptors (Lipinski definition) is 7. The van der Waals surface area contributed by atoms with E-state index in [0.717, 1.165) is 18.4 Å². The Hall–Kier alpha value is -2.88. The van der Waals surface area contributed by atoms with Gasteiger partial charge in [-0.2, -0.15) is 17.5 Å². The third-order valence-electron chi connectivity index (χ3n) is 5.62. The molecule has 1 N–H and O–H groups in total. The molecule has 0 spiro atoms. The Morgan fingerprint density at radius 2 is 1.74 bits per heavy atom. The SMILES string of the molecule is C[C@H](C(=O)NCCOc1ccc(S(=O)(=O)N2CCOCC2)cc1)N(c1cccc(C(F)(F)F)c1)S(C)(=O)=O. The summed E-state index contributed by atoms with van der Waals surface area (Å²) in [5, 5.41) is 2.49. The molecule has 1 fully saturated rings. The van der Waals surface area contributed by atoms with Crippen LogP contribution in [0.1, 0.15) is 12.5 Å². The van der Waals surface area contributed by atoms with Crippen LogP contribution in [0.4, 0.5) is 18.9 Å². The van der Waals surface area contributed by atoms with E-state index in [-0.39, 0.29) is 36.8 Å². The lowest BCUT2D eigenvalue weighted by atomic mass is 10.2. The Balaban J connectivity index is 1.58. The molecule has 1 amide bonds. The van der Waals surface area contributed by atoms with Gasteiger partial charge in [-0.25, -0.2) is 16.8 Å². The fourth-order valence-corrected chi connectivity index (χ4v) is 6.34. The van der Waals surface area contributed by atoms with Crippen molar-refractivity contribution in [3.63, 3.8) is 0 Å². The zero-order valence-electron chi connectivity index (χ0n) is 20.6. The number of benzene rings is 2. The van der Waals surface area contributed by atoms with Gasteiger partial charge in [-0.3, -0.25) is 9.10 Å². The van der Waals surface area contributed by atoms with Gasteiger partial charge in [-0.15, -0.1) is 0 Å². The monoisotopic (exact) mass is 579 g/mol. The van der Waals surface area contributed by atoms with Gasteiger partial charge in [0, 0.05) is 13.1 Å². The maximum atomic E-state index is 13.1. The molecule has 1 aliphatic heterocycles. The van der Waals surface area contributed by atoms with Crippen LogP contribution in [-0.4, -0.2) is 78.8 Å². The van der Waals surface area contributed by atoms with Crippen molar-refractivity contribution in [1.29, 1.82) is 0 Å². The van der Waals surface area contributed by atoms with E-state index >= 15 is 0 Å². The highest BCUT2D eigenvalue weighted by molar-refractivity contribution is 7.92. The smallest absolute Gasteiger partial charge is 0.416 e. The van der Waals surface area contributed by atoms with Crippen LogP contribution in [0, 0.1) is 0 Å². The lowest BCUT2D eigenvalue weighted by molar-refractivity contribution is -0.137. The first-order chi connectivity index (χ1) is 17.7. The predicted octanol–water partition coefficient (Wildman–Crippen LogP) is 2.08. The van der Waals surface area contributed by atoms with Gasteiger partial charge in [0.2, 0.25) is 26.0 Å². The minimum absolute atomic E-state index is 0.0313. The first-order valence-corrected chi connectivity index (χ1v) is 14.8. The summed E-state index contributed by atoms with van der Waals surface area (Å²) in [5.41, 5.74) is -1.35. The minimum atomic E-state index is -4.69. The third kappa shape index (κ3) is 7.36. The van der Waals surface area contributed by atoms with Crippen LogP contribution >= 0.6 is 0 Å². The number of nitrogens with zero attached hydrogens (tertiary/aromatic N) is 2. The normalized spacial score (nSPS) is 16.0. The number of rotatable bonds is 10. The van der Waals surface area contributed by atoms with Crippen LogP contribution in [0.5, 0.6) is 5.75 Å². The predicted molar refractivity (Wildman–Crippen MR) is 133 cm³/mol. The number of morpholine rings is 1. The number of carbonyl (C=O) groups excluding carboxylic acids is 1. The number of ether oxygens (including phenoxy) is 2. The molecule has 0 aromatic heterocycles. The van der Waals surface area contributed by atoms with E-state index in [2.05, 4.69) is 5.32 Å². The van der Waals surface area contributed by atoms with Gasteiger partial charge in [0.1, 0.15) is 18.4 Å². The van der Waals surface area contributed by atoms with Gasteiger partial charge in [0.15, 0.2) is 0 Å². The summed E-state index contributed by atoms with van der Waals surface area (Å²) in [5.74, 6) is -0.404. The molecule has 1 atom stereocenters. The molecule has 38 heavy (non-hydrogen) atoms. The summed E-state index contributed by atoms with van der Waals surface area (Å²) in [7, 11) is -7.76. The molecule has 1 aliphatic rings. The number of amides is 1. The Labute approximate surface area is 219 Å². The van der Waals surface area contributed by atoms with Crippen molar-refractivity contribution in [2.75, 3.05) is 50.0 Å².